The van der Waals surface area contributed by atoms with Crippen LogP contribution in [0.1, 0.15) is 38.8 Å². The van der Waals surface area contributed by atoms with Crippen molar-refractivity contribution in [2.24, 2.45) is 11.7 Å². The zero-order valence-electron chi connectivity index (χ0n) is 17.4. The van der Waals surface area contributed by atoms with E-state index in [1.165, 1.54) is 0 Å². The quantitative estimate of drug-likeness (QED) is 0.675. The van der Waals surface area contributed by atoms with Crippen LogP contribution in [0.3, 0.4) is 0 Å². The summed E-state index contributed by atoms with van der Waals surface area (Å²) in [5, 5.41) is 5.97. The first-order valence-corrected chi connectivity index (χ1v) is 11.4. The van der Waals surface area contributed by atoms with Crippen molar-refractivity contribution < 1.29 is 14.3 Å². The first kappa shape index (κ1) is 22.1. The predicted molar refractivity (Wildman–Crippen MR) is 114 cm³/mol. The zero-order valence-corrected chi connectivity index (χ0v) is 18.2. The van der Waals surface area contributed by atoms with Crippen LogP contribution >= 0.6 is 11.3 Å². The second-order valence-corrected chi connectivity index (χ2v) is 9.17. The van der Waals surface area contributed by atoms with Gasteiger partial charge in [0.2, 0.25) is 5.91 Å². The molecule has 2 atom stereocenters. The molecule has 2 aliphatic rings. The van der Waals surface area contributed by atoms with E-state index in [1.54, 1.807) is 11.3 Å². The fourth-order valence-electron chi connectivity index (χ4n) is 3.77. The summed E-state index contributed by atoms with van der Waals surface area (Å²) < 4.78 is 5.40. The highest BCUT2D eigenvalue weighted by molar-refractivity contribution is 7.13. The van der Waals surface area contributed by atoms with E-state index in [2.05, 4.69) is 20.5 Å². The number of hydrogen-bond acceptors (Lipinski definition) is 8. The lowest BCUT2D eigenvalue weighted by Crippen LogP contribution is -2.49. The third kappa shape index (κ3) is 6.47. The van der Waals surface area contributed by atoms with Crippen LogP contribution in [0, 0.1) is 5.92 Å². The van der Waals surface area contributed by atoms with Crippen molar-refractivity contribution in [1.82, 2.24) is 15.2 Å². The van der Waals surface area contributed by atoms with Crippen LogP contribution in [0.2, 0.25) is 0 Å². The molecule has 2 fully saturated rings. The summed E-state index contributed by atoms with van der Waals surface area (Å²) in [6, 6.07) is -0.999. The number of likely N-dealkylation sites (tertiary alicyclic amines) is 1. The molecule has 8 nitrogen and oxygen atoms in total. The molecule has 3 rings (SSSR count). The van der Waals surface area contributed by atoms with Crippen molar-refractivity contribution in [3.05, 3.63) is 11.1 Å². The van der Waals surface area contributed by atoms with E-state index in [1.807, 2.05) is 13.8 Å². The van der Waals surface area contributed by atoms with E-state index in [4.69, 9.17) is 15.5 Å². The molecule has 2 aliphatic heterocycles. The van der Waals surface area contributed by atoms with Gasteiger partial charge in [0.15, 0.2) is 10.9 Å². The lowest BCUT2D eigenvalue weighted by atomic mass is 10.0. The van der Waals surface area contributed by atoms with Gasteiger partial charge >= 0.3 is 0 Å². The molecule has 29 heavy (non-hydrogen) atoms. The van der Waals surface area contributed by atoms with E-state index in [-0.39, 0.29) is 11.7 Å². The number of hydrogen-bond donors (Lipinski definition) is 2. The fraction of sp³-hybridized carbons (Fsp3) is 0.750. The van der Waals surface area contributed by atoms with Crippen LogP contribution in [0.15, 0.2) is 5.38 Å². The molecule has 1 aromatic heterocycles. The Morgan fingerprint density at radius 3 is 2.86 bits per heavy atom. The van der Waals surface area contributed by atoms with Crippen molar-refractivity contribution in [2.75, 3.05) is 44.3 Å². The molecule has 162 valence electrons. The normalized spacial score (nSPS) is 22.6. The van der Waals surface area contributed by atoms with Crippen LogP contribution in [-0.4, -0.2) is 73.1 Å². The van der Waals surface area contributed by atoms with Gasteiger partial charge in [-0.3, -0.25) is 14.5 Å². The second kappa shape index (κ2) is 10.5. The lowest BCUT2D eigenvalue weighted by Gasteiger charge is -2.26. The summed E-state index contributed by atoms with van der Waals surface area (Å²) >= 11 is 1.64. The summed E-state index contributed by atoms with van der Waals surface area (Å²) in [5.41, 5.74) is 6.95. The van der Waals surface area contributed by atoms with Crippen molar-refractivity contribution >= 4 is 28.2 Å². The van der Waals surface area contributed by atoms with Crippen molar-refractivity contribution in [3.63, 3.8) is 0 Å². The molecule has 0 aromatic carbocycles. The Hall–Kier alpha value is -1.55. The van der Waals surface area contributed by atoms with Crippen LogP contribution < -0.4 is 16.0 Å². The van der Waals surface area contributed by atoms with Gasteiger partial charge in [-0.25, -0.2) is 4.98 Å². The van der Waals surface area contributed by atoms with E-state index in [0.717, 1.165) is 50.1 Å². The van der Waals surface area contributed by atoms with Crippen molar-refractivity contribution in [2.45, 2.75) is 51.7 Å². The maximum atomic E-state index is 12.7. The molecule has 0 radical (unpaired) electrons. The Labute approximate surface area is 176 Å². The zero-order chi connectivity index (χ0) is 20.8. The molecule has 1 unspecified atom stereocenters. The maximum absolute atomic E-state index is 12.7. The van der Waals surface area contributed by atoms with Crippen LogP contribution in [0.4, 0.5) is 5.13 Å². The Balaban J connectivity index is 1.51. The van der Waals surface area contributed by atoms with E-state index < -0.39 is 12.1 Å². The molecule has 3 heterocycles. The van der Waals surface area contributed by atoms with Crippen molar-refractivity contribution in [3.8, 4) is 0 Å². The second-order valence-electron chi connectivity index (χ2n) is 8.34. The lowest BCUT2D eigenvalue weighted by molar-refractivity contribution is -0.129. The highest BCUT2D eigenvalue weighted by Gasteiger charge is 2.28. The standard InChI is InChI=1S/C20H33N5O3S/c1-14(2)10-16(21)19(27)23-17-4-3-5-24(12-18(17)26)11-15-13-29-20(22-15)25-6-8-28-9-7-25/h13-14,16-17H,3-12,21H2,1-2H3,(H,23,27)/t16-,17?/m0/s1. The molecule has 9 heteroatoms. The van der Waals surface area contributed by atoms with E-state index >= 15 is 0 Å². The van der Waals surface area contributed by atoms with Gasteiger partial charge in [0.25, 0.3) is 0 Å². The van der Waals surface area contributed by atoms with Crippen molar-refractivity contribution in [1.29, 1.82) is 0 Å². The molecular formula is C20H33N5O3S. The van der Waals surface area contributed by atoms with E-state index in [9.17, 15) is 9.59 Å². The first-order chi connectivity index (χ1) is 13.9. The minimum Gasteiger partial charge on any atom is -0.378 e. The molecular weight excluding hydrogens is 390 g/mol. The third-order valence-electron chi connectivity index (χ3n) is 5.32. The molecule has 3 N–H and O–H groups in total. The number of aromatic nitrogens is 1. The van der Waals surface area contributed by atoms with Gasteiger partial charge in [0.05, 0.1) is 37.5 Å². The number of ether oxygens (including phenoxy) is 1. The monoisotopic (exact) mass is 423 g/mol. The third-order valence-corrected chi connectivity index (χ3v) is 6.27. The van der Waals surface area contributed by atoms with Gasteiger partial charge in [-0.2, -0.15) is 0 Å². The summed E-state index contributed by atoms with van der Waals surface area (Å²) in [6.45, 7) is 9.09. The number of ketones is 1. The number of rotatable bonds is 7. The fourth-order valence-corrected chi connectivity index (χ4v) is 4.64. The summed E-state index contributed by atoms with van der Waals surface area (Å²) in [4.78, 5) is 34.1. The topological polar surface area (TPSA) is 101 Å². The number of carbonyl (C=O) groups is 2. The van der Waals surface area contributed by atoms with Gasteiger partial charge in [-0.05, 0) is 31.7 Å². The van der Waals surface area contributed by atoms with Crippen LogP contribution in [0.25, 0.3) is 0 Å². The molecule has 1 aromatic rings. The Kier molecular flexibility index (Phi) is 7.99. The number of thiazole rings is 1. The van der Waals surface area contributed by atoms with E-state index in [0.29, 0.717) is 31.8 Å². The largest absolute Gasteiger partial charge is 0.378 e. The highest BCUT2D eigenvalue weighted by atomic mass is 32.1. The summed E-state index contributed by atoms with van der Waals surface area (Å²) in [5.74, 6) is 0.174. The van der Waals surface area contributed by atoms with Gasteiger partial charge < -0.3 is 20.7 Å². The van der Waals surface area contributed by atoms with Crippen LogP contribution in [0.5, 0.6) is 0 Å². The summed E-state index contributed by atoms with van der Waals surface area (Å²) in [6.07, 6.45) is 2.14. The van der Waals surface area contributed by atoms with Crippen LogP contribution in [-0.2, 0) is 20.9 Å². The maximum Gasteiger partial charge on any atom is 0.237 e. The molecule has 0 aliphatic carbocycles. The number of anilines is 1. The first-order valence-electron chi connectivity index (χ1n) is 10.5. The number of amides is 1. The van der Waals surface area contributed by atoms with Gasteiger partial charge in [0, 0.05) is 25.0 Å². The number of carbonyl (C=O) groups excluding carboxylic acids is 2. The molecule has 0 bridgehead atoms. The predicted octanol–water partition coefficient (Wildman–Crippen LogP) is 1.00. The smallest absolute Gasteiger partial charge is 0.237 e. The molecule has 1 amide bonds. The van der Waals surface area contributed by atoms with Gasteiger partial charge in [-0.15, -0.1) is 11.3 Å². The Bertz CT molecular complexity index is 689. The Morgan fingerprint density at radius 1 is 1.38 bits per heavy atom. The van der Waals surface area contributed by atoms with Gasteiger partial charge in [0.1, 0.15) is 0 Å². The average molecular weight is 424 g/mol. The van der Waals surface area contributed by atoms with Gasteiger partial charge in [-0.1, -0.05) is 13.8 Å². The number of nitrogens with one attached hydrogen (secondary N) is 1. The SMILES string of the molecule is CC(C)C[C@H](N)C(=O)NC1CCCN(Cc2csc(N3CCOCC3)n2)CC1=O. The molecule has 0 spiro atoms. The minimum atomic E-state index is -0.559. The Morgan fingerprint density at radius 2 is 2.14 bits per heavy atom. The minimum absolute atomic E-state index is 0.0521. The number of Topliss-reactive ketones (excluding diaryl/α,β-unsaturated/α-hetero) is 1. The number of nitrogens with two attached hydrogens (primary N) is 1. The molecule has 0 saturated carbocycles. The molecule has 2 saturated heterocycles. The number of nitrogens with zero attached hydrogens (tertiary/aromatic N) is 3. The average Bonchev–Trinajstić information content (AvgIpc) is 3.08. The highest BCUT2D eigenvalue weighted by Crippen LogP contribution is 2.23. The summed E-state index contributed by atoms with van der Waals surface area (Å²) in [7, 11) is 0. The number of morpholine rings is 1.